The van der Waals surface area contributed by atoms with E-state index in [0.29, 0.717) is 6.42 Å². The number of nitriles is 1. The second-order valence-corrected chi connectivity index (χ2v) is 3.91. The van der Waals surface area contributed by atoms with Crippen molar-refractivity contribution in [1.29, 1.82) is 5.26 Å². The molecule has 0 saturated carbocycles. The highest BCUT2D eigenvalue weighted by atomic mass is 19.1. The van der Waals surface area contributed by atoms with E-state index in [0.717, 1.165) is 12.0 Å². The van der Waals surface area contributed by atoms with Crippen molar-refractivity contribution in [2.75, 3.05) is 0 Å². The minimum atomic E-state index is -0.222. The molecule has 0 aliphatic heterocycles. The van der Waals surface area contributed by atoms with E-state index in [1.807, 2.05) is 13.8 Å². The van der Waals surface area contributed by atoms with Crippen LogP contribution < -0.4 is 5.32 Å². The first-order valence-corrected chi connectivity index (χ1v) is 5.55. The monoisotopic (exact) mass is 220 g/mol. The van der Waals surface area contributed by atoms with Crippen LogP contribution in [0.25, 0.3) is 0 Å². The van der Waals surface area contributed by atoms with Gasteiger partial charge in [-0.05, 0) is 31.0 Å². The molecule has 3 heteroatoms. The average Bonchev–Trinajstić information content (AvgIpc) is 2.29. The summed E-state index contributed by atoms with van der Waals surface area (Å²) in [7, 11) is 0. The fraction of sp³-hybridized carbons (Fsp3) is 0.462. The number of hydrogen-bond donors (Lipinski definition) is 1. The molecular formula is C13H17FN2. The zero-order valence-electron chi connectivity index (χ0n) is 9.70. The van der Waals surface area contributed by atoms with Crippen LogP contribution in [-0.2, 0) is 0 Å². The third kappa shape index (κ3) is 3.63. The molecule has 86 valence electrons. The molecule has 2 nitrogen and oxygen atoms in total. The minimum Gasteiger partial charge on any atom is -0.306 e. The first-order valence-electron chi connectivity index (χ1n) is 5.55. The zero-order chi connectivity index (χ0) is 12.0. The summed E-state index contributed by atoms with van der Waals surface area (Å²) in [5, 5.41) is 12.0. The van der Waals surface area contributed by atoms with E-state index in [1.54, 1.807) is 12.1 Å². The Morgan fingerprint density at radius 2 is 2.00 bits per heavy atom. The van der Waals surface area contributed by atoms with Crippen molar-refractivity contribution in [3.8, 4) is 6.07 Å². The van der Waals surface area contributed by atoms with Crippen LogP contribution in [0.5, 0.6) is 0 Å². The lowest BCUT2D eigenvalue weighted by Crippen LogP contribution is -2.30. The SMILES string of the molecule is CCC(CC#N)NC(C)c1ccc(F)cc1. The van der Waals surface area contributed by atoms with Gasteiger partial charge in [-0.25, -0.2) is 4.39 Å². The van der Waals surface area contributed by atoms with Crippen LogP contribution in [0.3, 0.4) is 0 Å². The van der Waals surface area contributed by atoms with Crippen LogP contribution in [0.2, 0.25) is 0 Å². The highest BCUT2D eigenvalue weighted by molar-refractivity contribution is 5.19. The third-order valence-corrected chi connectivity index (χ3v) is 2.69. The van der Waals surface area contributed by atoms with Gasteiger partial charge in [-0.3, -0.25) is 0 Å². The van der Waals surface area contributed by atoms with Crippen LogP contribution in [0.15, 0.2) is 24.3 Å². The Kier molecular flexibility index (Phi) is 4.94. The second kappa shape index (κ2) is 6.24. The molecule has 0 saturated heterocycles. The van der Waals surface area contributed by atoms with Gasteiger partial charge >= 0.3 is 0 Å². The van der Waals surface area contributed by atoms with Gasteiger partial charge in [0.2, 0.25) is 0 Å². The van der Waals surface area contributed by atoms with Crippen molar-refractivity contribution in [3.63, 3.8) is 0 Å². The summed E-state index contributed by atoms with van der Waals surface area (Å²) in [5.74, 6) is -0.222. The van der Waals surface area contributed by atoms with Gasteiger partial charge in [-0.1, -0.05) is 19.1 Å². The molecule has 0 spiro atoms. The normalized spacial score (nSPS) is 14.1. The quantitative estimate of drug-likeness (QED) is 0.827. The van der Waals surface area contributed by atoms with Crippen molar-refractivity contribution in [3.05, 3.63) is 35.6 Å². The Morgan fingerprint density at radius 3 is 2.50 bits per heavy atom. The molecule has 0 aromatic heterocycles. The molecule has 1 aromatic carbocycles. The number of hydrogen-bond acceptors (Lipinski definition) is 2. The van der Waals surface area contributed by atoms with E-state index < -0.39 is 0 Å². The molecule has 2 unspecified atom stereocenters. The largest absolute Gasteiger partial charge is 0.306 e. The summed E-state index contributed by atoms with van der Waals surface area (Å²) >= 11 is 0. The number of halogens is 1. The zero-order valence-corrected chi connectivity index (χ0v) is 9.70. The predicted octanol–water partition coefficient (Wildman–Crippen LogP) is 3.17. The summed E-state index contributed by atoms with van der Waals surface area (Å²) in [6.07, 6.45) is 1.42. The topological polar surface area (TPSA) is 35.8 Å². The lowest BCUT2D eigenvalue weighted by Gasteiger charge is -2.20. The fourth-order valence-electron chi connectivity index (χ4n) is 1.63. The van der Waals surface area contributed by atoms with Gasteiger partial charge in [0, 0.05) is 12.1 Å². The number of nitrogens with zero attached hydrogens (tertiary/aromatic N) is 1. The lowest BCUT2D eigenvalue weighted by atomic mass is 10.1. The van der Waals surface area contributed by atoms with Crippen molar-refractivity contribution in [1.82, 2.24) is 5.32 Å². The maximum absolute atomic E-state index is 12.7. The Hall–Kier alpha value is -1.40. The third-order valence-electron chi connectivity index (χ3n) is 2.69. The van der Waals surface area contributed by atoms with Crippen LogP contribution in [0.1, 0.15) is 38.3 Å². The van der Waals surface area contributed by atoms with Crippen LogP contribution in [0.4, 0.5) is 4.39 Å². The van der Waals surface area contributed by atoms with Crippen molar-refractivity contribution in [2.24, 2.45) is 0 Å². The van der Waals surface area contributed by atoms with Gasteiger partial charge < -0.3 is 5.32 Å². The molecule has 2 atom stereocenters. The van der Waals surface area contributed by atoms with E-state index in [4.69, 9.17) is 5.26 Å². The van der Waals surface area contributed by atoms with Crippen molar-refractivity contribution >= 4 is 0 Å². The highest BCUT2D eigenvalue weighted by Gasteiger charge is 2.11. The Bertz CT molecular complexity index is 353. The second-order valence-electron chi connectivity index (χ2n) is 3.91. The summed E-state index contributed by atoms with van der Waals surface area (Å²) in [6.45, 7) is 4.07. The number of nitrogens with one attached hydrogen (secondary N) is 1. The van der Waals surface area contributed by atoms with Gasteiger partial charge in [0.1, 0.15) is 5.82 Å². The minimum absolute atomic E-state index is 0.138. The van der Waals surface area contributed by atoms with E-state index in [1.165, 1.54) is 12.1 Å². The molecule has 0 aliphatic rings. The van der Waals surface area contributed by atoms with Gasteiger partial charge in [-0.15, -0.1) is 0 Å². The molecule has 0 fully saturated rings. The Labute approximate surface area is 96.1 Å². The van der Waals surface area contributed by atoms with E-state index in [2.05, 4.69) is 11.4 Å². The van der Waals surface area contributed by atoms with Gasteiger partial charge in [0.25, 0.3) is 0 Å². The van der Waals surface area contributed by atoms with Gasteiger partial charge in [0.05, 0.1) is 12.5 Å². The molecule has 1 aromatic rings. The molecule has 1 rings (SSSR count). The van der Waals surface area contributed by atoms with Gasteiger partial charge in [-0.2, -0.15) is 5.26 Å². The standard InChI is InChI=1S/C13H17FN2/c1-3-13(8-9-15)16-10(2)11-4-6-12(14)7-5-11/h4-7,10,13,16H,3,8H2,1-2H3. The van der Waals surface area contributed by atoms with Crippen molar-refractivity contribution in [2.45, 2.75) is 38.8 Å². The number of rotatable bonds is 5. The van der Waals surface area contributed by atoms with E-state index in [-0.39, 0.29) is 17.9 Å². The smallest absolute Gasteiger partial charge is 0.123 e. The maximum atomic E-state index is 12.7. The van der Waals surface area contributed by atoms with Crippen molar-refractivity contribution < 1.29 is 4.39 Å². The molecule has 0 bridgehead atoms. The highest BCUT2D eigenvalue weighted by Crippen LogP contribution is 2.14. The number of benzene rings is 1. The molecule has 0 amide bonds. The summed E-state index contributed by atoms with van der Waals surface area (Å²) in [5.41, 5.74) is 1.04. The van der Waals surface area contributed by atoms with Crippen LogP contribution in [-0.4, -0.2) is 6.04 Å². The molecular weight excluding hydrogens is 203 g/mol. The maximum Gasteiger partial charge on any atom is 0.123 e. The van der Waals surface area contributed by atoms with Crippen LogP contribution >= 0.6 is 0 Å². The predicted molar refractivity (Wildman–Crippen MR) is 62.3 cm³/mol. The van der Waals surface area contributed by atoms with Gasteiger partial charge in [0.15, 0.2) is 0 Å². The average molecular weight is 220 g/mol. The summed E-state index contributed by atoms with van der Waals surface area (Å²) in [6, 6.07) is 8.95. The molecule has 0 radical (unpaired) electrons. The Morgan fingerprint density at radius 1 is 1.38 bits per heavy atom. The summed E-state index contributed by atoms with van der Waals surface area (Å²) < 4.78 is 12.7. The first-order chi connectivity index (χ1) is 7.67. The summed E-state index contributed by atoms with van der Waals surface area (Å²) in [4.78, 5) is 0. The molecule has 1 N–H and O–H groups in total. The Balaban J connectivity index is 2.60. The lowest BCUT2D eigenvalue weighted by molar-refractivity contribution is 0.447. The molecule has 0 heterocycles. The first kappa shape index (κ1) is 12.7. The molecule has 0 aliphatic carbocycles. The van der Waals surface area contributed by atoms with E-state index >= 15 is 0 Å². The van der Waals surface area contributed by atoms with E-state index in [9.17, 15) is 4.39 Å². The fourth-order valence-corrected chi connectivity index (χ4v) is 1.63. The molecule has 16 heavy (non-hydrogen) atoms. The van der Waals surface area contributed by atoms with Crippen LogP contribution in [0, 0.1) is 17.1 Å².